The summed E-state index contributed by atoms with van der Waals surface area (Å²) in [4.78, 5) is 24.9. The minimum atomic E-state index is -0.506. The number of nitrogens with two attached hydrogens (primary N) is 1. The first kappa shape index (κ1) is 18.4. The summed E-state index contributed by atoms with van der Waals surface area (Å²) in [6, 6.07) is 4.66. The van der Waals surface area contributed by atoms with Crippen molar-refractivity contribution in [1.29, 1.82) is 0 Å². The Labute approximate surface area is 136 Å². The van der Waals surface area contributed by atoms with Crippen LogP contribution < -0.4 is 5.73 Å². The molecule has 6 nitrogen and oxygen atoms in total. The van der Waals surface area contributed by atoms with Gasteiger partial charge in [-0.2, -0.15) is 0 Å². The second-order valence-corrected chi connectivity index (χ2v) is 6.39. The van der Waals surface area contributed by atoms with E-state index in [0.717, 1.165) is 5.56 Å². The Bertz CT molecular complexity index is 589. The van der Waals surface area contributed by atoms with Gasteiger partial charge in [0.1, 0.15) is 5.56 Å². The molecule has 1 aromatic rings. The number of nitro benzene ring substituents is 1. The number of carbonyl (C=O) groups excluding carboxylic acids is 1. The number of halogens is 1. The van der Waals surface area contributed by atoms with Crippen LogP contribution in [0.25, 0.3) is 0 Å². The third-order valence-electron chi connectivity index (χ3n) is 4.18. The molecule has 1 fully saturated rings. The number of nitro groups is 1. The first-order valence-electron chi connectivity index (χ1n) is 7.02. The van der Waals surface area contributed by atoms with Gasteiger partial charge in [-0.15, -0.1) is 12.4 Å². The molecule has 0 spiro atoms. The summed E-state index contributed by atoms with van der Waals surface area (Å²) in [5, 5.41) is 11.1. The summed E-state index contributed by atoms with van der Waals surface area (Å²) in [6.45, 7) is 6.90. The van der Waals surface area contributed by atoms with Gasteiger partial charge in [0, 0.05) is 25.2 Å². The lowest BCUT2D eigenvalue weighted by atomic mass is 9.79. The molecule has 2 N–H and O–H groups in total. The molecule has 1 heterocycles. The fourth-order valence-corrected chi connectivity index (χ4v) is 2.70. The van der Waals surface area contributed by atoms with Crippen LogP contribution in [0.4, 0.5) is 5.69 Å². The molecule has 0 aromatic heterocycles. The standard InChI is InChI=1S/C15H21N3O3.ClH/c1-10-4-5-12(18(20)21)11(8-10)14(19)17-7-6-13(16)15(2,3)9-17;/h4-5,8,13H,6-7,9,16H2,1-3H3;1H. The maximum atomic E-state index is 12.7. The van der Waals surface area contributed by atoms with Crippen molar-refractivity contribution in [3.8, 4) is 0 Å². The largest absolute Gasteiger partial charge is 0.338 e. The molecule has 0 aliphatic carbocycles. The maximum absolute atomic E-state index is 12.7. The quantitative estimate of drug-likeness (QED) is 0.667. The average Bonchev–Trinajstić information content (AvgIpc) is 2.40. The predicted molar refractivity (Wildman–Crippen MR) is 87.4 cm³/mol. The molecule has 1 aliphatic heterocycles. The van der Waals surface area contributed by atoms with Crippen molar-refractivity contribution in [2.75, 3.05) is 13.1 Å². The summed E-state index contributed by atoms with van der Waals surface area (Å²) in [6.07, 6.45) is 0.707. The number of hydrogen-bond acceptors (Lipinski definition) is 4. The van der Waals surface area contributed by atoms with E-state index in [9.17, 15) is 14.9 Å². The topological polar surface area (TPSA) is 89.5 Å². The summed E-state index contributed by atoms with van der Waals surface area (Å²) in [5.74, 6) is -0.287. The Kier molecular flexibility index (Phi) is 5.54. The third kappa shape index (κ3) is 3.56. The van der Waals surface area contributed by atoms with E-state index < -0.39 is 4.92 Å². The van der Waals surface area contributed by atoms with Crippen LogP contribution in [-0.2, 0) is 0 Å². The molecule has 122 valence electrons. The van der Waals surface area contributed by atoms with Crippen molar-refractivity contribution in [2.45, 2.75) is 33.2 Å². The third-order valence-corrected chi connectivity index (χ3v) is 4.18. The van der Waals surface area contributed by atoms with E-state index in [1.807, 2.05) is 20.8 Å². The molecule has 1 saturated heterocycles. The number of hydrogen-bond donors (Lipinski definition) is 1. The van der Waals surface area contributed by atoms with Crippen LogP contribution in [0.2, 0.25) is 0 Å². The van der Waals surface area contributed by atoms with Crippen molar-refractivity contribution in [1.82, 2.24) is 4.90 Å². The van der Waals surface area contributed by atoms with Gasteiger partial charge in [0.25, 0.3) is 11.6 Å². The van der Waals surface area contributed by atoms with Gasteiger partial charge < -0.3 is 10.6 Å². The van der Waals surface area contributed by atoms with Crippen molar-refractivity contribution in [3.63, 3.8) is 0 Å². The molecule has 1 aromatic carbocycles. The second kappa shape index (κ2) is 6.62. The number of nitrogens with zero attached hydrogens (tertiary/aromatic N) is 2. The first-order valence-corrected chi connectivity index (χ1v) is 7.02. The van der Waals surface area contributed by atoms with Gasteiger partial charge in [0.05, 0.1) is 4.92 Å². The zero-order valence-corrected chi connectivity index (χ0v) is 13.9. The van der Waals surface area contributed by atoms with Gasteiger partial charge in [-0.1, -0.05) is 19.9 Å². The minimum absolute atomic E-state index is 0. The molecule has 1 atom stereocenters. The van der Waals surface area contributed by atoms with Crippen LogP contribution >= 0.6 is 12.4 Å². The fourth-order valence-electron chi connectivity index (χ4n) is 2.70. The van der Waals surface area contributed by atoms with E-state index >= 15 is 0 Å². The molecule has 2 rings (SSSR count). The average molecular weight is 328 g/mol. The molecule has 0 bridgehead atoms. The smallest absolute Gasteiger partial charge is 0.282 e. The Morgan fingerprint density at radius 2 is 2.09 bits per heavy atom. The molecular weight excluding hydrogens is 306 g/mol. The van der Waals surface area contributed by atoms with Crippen molar-refractivity contribution in [3.05, 3.63) is 39.4 Å². The summed E-state index contributed by atoms with van der Waals surface area (Å²) < 4.78 is 0. The lowest BCUT2D eigenvalue weighted by Gasteiger charge is -2.42. The monoisotopic (exact) mass is 327 g/mol. The zero-order chi connectivity index (χ0) is 15.8. The Balaban J connectivity index is 0.00000242. The fraction of sp³-hybridized carbons (Fsp3) is 0.533. The Hall–Kier alpha value is -1.66. The number of benzene rings is 1. The number of piperidine rings is 1. The van der Waals surface area contributed by atoms with Crippen LogP contribution in [0.3, 0.4) is 0 Å². The molecule has 7 heteroatoms. The van der Waals surface area contributed by atoms with Crippen molar-refractivity contribution >= 4 is 24.0 Å². The zero-order valence-electron chi connectivity index (χ0n) is 13.0. The van der Waals surface area contributed by atoms with E-state index in [0.29, 0.717) is 19.5 Å². The summed E-state index contributed by atoms with van der Waals surface area (Å²) >= 11 is 0. The molecular formula is C15H22ClN3O3. The Morgan fingerprint density at radius 1 is 1.45 bits per heavy atom. The highest BCUT2D eigenvalue weighted by atomic mass is 35.5. The van der Waals surface area contributed by atoms with Crippen LogP contribution in [0.1, 0.15) is 36.2 Å². The number of likely N-dealkylation sites (tertiary alicyclic amines) is 1. The van der Waals surface area contributed by atoms with Gasteiger partial charge in [-0.3, -0.25) is 14.9 Å². The van der Waals surface area contributed by atoms with E-state index in [-0.39, 0.29) is 41.0 Å². The van der Waals surface area contributed by atoms with Gasteiger partial charge in [0.2, 0.25) is 0 Å². The number of aryl methyl sites for hydroxylation is 1. The molecule has 1 aliphatic rings. The van der Waals surface area contributed by atoms with Crippen LogP contribution in [0.5, 0.6) is 0 Å². The van der Waals surface area contributed by atoms with Crippen molar-refractivity contribution in [2.24, 2.45) is 11.1 Å². The van der Waals surface area contributed by atoms with E-state index in [4.69, 9.17) is 5.73 Å². The maximum Gasteiger partial charge on any atom is 0.282 e. The second-order valence-electron chi connectivity index (χ2n) is 6.39. The van der Waals surface area contributed by atoms with E-state index in [1.54, 1.807) is 17.0 Å². The van der Waals surface area contributed by atoms with Gasteiger partial charge in [0.15, 0.2) is 0 Å². The molecule has 0 saturated carbocycles. The lowest BCUT2D eigenvalue weighted by Crippen LogP contribution is -2.54. The molecule has 1 amide bonds. The van der Waals surface area contributed by atoms with E-state index in [2.05, 4.69) is 0 Å². The van der Waals surface area contributed by atoms with Crippen LogP contribution in [0.15, 0.2) is 18.2 Å². The highest BCUT2D eigenvalue weighted by Crippen LogP contribution is 2.30. The number of rotatable bonds is 2. The SMILES string of the molecule is Cc1ccc([N+](=O)[O-])c(C(=O)N2CCC(N)C(C)(C)C2)c1.Cl. The Morgan fingerprint density at radius 3 is 2.64 bits per heavy atom. The summed E-state index contributed by atoms with van der Waals surface area (Å²) in [7, 11) is 0. The first-order chi connectivity index (χ1) is 9.72. The minimum Gasteiger partial charge on any atom is -0.338 e. The van der Waals surface area contributed by atoms with Crippen molar-refractivity contribution < 1.29 is 9.72 Å². The van der Waals surface area contributed by atoms with E-state index in [1.165, 1.54) is 6.07 Å². The predicted octanol–water partition coefficient (Wildman–Crippen LogP) is 2.52. The molecule has 1 unspecified atom stereocenters. The highest BCUT2D eigenvalue weighted by molar-refractivity contribution is 5.98. The van der Waals surface area contributed by atoms with Crippen LogP contribution in [0, 0.1) is 22.5 Å². The van der Waals surface area contributed by atoms with Gasteiger partial charge in [-0.25, -0.2) is 0 Å². The summed E-state index contributed by atoms with van der Waals surface area (Å²) in [5.41, 5.74) is 6.73. The molecule has 22 heavy (non-hydrogen) atoms. The normalized spacial score (nSPS) is 20.2. The van der Waals surface area contributed by atoms with Gasteiger partial charge in [-0.05, 0) is 30.4 Å². The van der Waals surface area contributed by atoms with Crippen LogP contribution in [-0.4, -0.2) is 34.9 Å². The number of carbonyl (C=O) groups is 1. The molecule has 0 radical (unpaired) electrons. The lowest BCUT2D eigenvalue weighted by molar-refractivity contribution is -0.385. The van der Waals surface area contributed by atoms with Gasteiger partial charge >= 0.3 is 0 Å². The highest BCUT2D eigenvalue weighted by Gasteiger charge is 2.37. The number of amides is 1.